The van der Waals surface area contributed by atoms with E-state index in [0.29, 0.717) is 23.7 Å². The molecule has 1 saturated heterocycles. The molecule has 0 bridgehead atoms. The molecule has 7 nitrogen and oxygen atoms in total. The first-order chi connectivity index (χ1) is 15.2. The Morgan fingerprint density at radius 2 is 1.72 bits per heavy atom. The second kappa shape index (κ2) is 10.5. The third-order valence-corrected chi connectivity index (χ3v) is 7.78. The molecule has 1 fully saturated rings. The number of aryl methyl sites for hydroxylation is 1. The number of benzene rings is 2. The van der Waals surface area contributed by atoms with Crippen LogP contribution in [0.15, 0.2) is 47.4 Å². The van der Waals surface area contributed by atoms with E-state index < -0.39 is 21.9 Å². The molecule has 2 aromatic carbocycles. The van der Waals surface area contributed by atoms with Gasteiger partial charge in [0.25, 0.3) is 5.91 Å². The van der Waals surface area contributed by atoms with Crippen LogP contribution in [0, 0.1) is 6.92 Å². The Bertz CT molecular complexity index is 1080. The van der Waals surface area contributed by atoms with Crippen LogP contribution in [0.3, 0.4) is 0 Å². The van der Waals surface area contributed by atoms with Gasteiger partial charge >= 0.3 is 5.97 Å². The fourth-order valence-electron chi connectivity index (χ4n) is 3.67. The van der Waals surface area contributed by atoms with Crippen molar-refractivity contribution in [3.63, 3.8) is 0 Å². The first-order valence-corrected chi connectivity index (χ1v) is 12.3. The predicted molar refractivity (Wildman–Crippen MR) is 122 cm³/mol. The zero-order valence-electron chi connectivity index (χ0n) is 18.2. The minimum absolute atomic E-state index is 0.120. The summed E-state index contributed by atoms with van der Waals surface area (Å²) in [5.74, 6) is -1.03. The molecule has 3 rings (SSSR count). The largest absolute Gasteiger partial charge is 0.468 e. The zero-order chi connectivity index (χ0) is 23.3. The summed E-state index contributed by atoms with van der Waals surface area (Å²) in [5, 5.41) is 0.561. The van der Waals surface area contributed by atoms with Crippen molar-refractivity contribution in [2.24, 2.45) is 0 Å². The maximum atomic E-state index is 13.3. The van der Waals surface area contributed by atoms with Crippen molar-refractivity contribution in [3.8, 4) is 0 Å². The molecule has 0 radical (unpaired) electrons. The van der Waals surface area contributed by atoms with Crippen LogP contribution in [-0.2, 0) is 26.1 Å². The van der Waals surface area contributed by atoms with E-state index in [9.17, 15) is 18.0 Å². The van der Waals surface area contributed by atoms with Crippen LogP contribution in [0.1, 0.15) is 40.7 Å². The van der Waals surface area contributed by atoms with Crippen LogP contribution >= 0.6 is 11.6 Å². The standard InChI is InChI=1S/C23H27ClN2O5S/c1-17-6-9-19(14-21(17)32(29,30)26-12-4-3-5-13-26)23(28)25(16-22(27)31-2)15-18-7-10-20(24)11-8-18/h6-11,14H,3-5,12-13,15-16H2,1-2H3. The lowest BCUT2D eigenvalue weighted by Crippen LogP contribution is -2.37. The summed E-state index contributed by atoms with van der Waals surface area (Å²) >= 11 is 5.94. The van der Waals surface area contributed by atoms with Crippen molar-refractivity contribution in [2.75, 3.05) is 26.7 Å². The molecule has 0 saturated carbocycles. The van der Waals surface area contributed by atoms with Crippen molar-refractivity contribution >= 4 is 33.5 Å². The predicted octanol–water partition coefficient (Wildman–Crippen LogP) is 3.64. The number of amides is 1. The molecule has 0 spiro atoms. The quantitative estimate of drug-likeness (QED) is 0.567. The van der Waals surface area contributed by atoms with E-state index in [1.807, 2.05) is 0 Å². The molecule has 2 aromatic rings. The van der Waals surface area contributed by atoms with Gasteiger partial charge in [-0.3, -0.25) is 9.59 Å². The molecule has 0 N–H and O–H groups in total. The van der Waals surface area contributed by atoms with Gasteiger partial charge in [-0.05, 0) is 55.2 Å². The minimum atomic E-state index is -3.71. The molecule has 172 valence electrons. The van der Waals surface area contributed by atoms with E-state index >= 15 is 0 Å². The van der Waals surface area contributed by atoms with Gasteiger partial charge in [0.2, 0.25) is 10.0 Å². The number of nitrogens with zero attached hydrogens (tertiary/aromatic N) is 2. The highest BCUT2D eigenvalue weighted by molar-refractivity contribution is 7.89. The highest BCUT2D eigenvalue weighted by Crippen LogP contribution is 2.25. The summed E-state index contributed by atoms with van der Waals surface area (Å²) in [6, 6.07) is 11.6. The molecule has 0 unspecified atom stereocenters. The molecule has 32 heavy (non-hydrogen) atoms. The van der Waals surface area contributed by atoms with Crippen LogP contribution < -0.4 is 0 Å². The van der Waals surface area contributed by atoms with E-state index in [1.165, 1.54) is 22.4 Å². The maximum absolute atomic E-state index is 13.3. The number of carbonyl (C=O) groups excluding carboxylic acids is 2. The van der Waals surface area contributed by atoms with E-state index in [1.54, 1.807) is 43.3 Å². The molecular formula is C23H27ClN2O5S. The van der Waals surface area contributed by atoms with Crippen molar-refractivity contribution in [1.82, 2.24) is 9.21 Å². The lowest BCUT2D eigenvalue weighted by atomic mass is 10.1. The van der Waals surface area contributed by atoms with E-state index in [-0.39, 0.29) is 23.5 Å². The van der Waals surface area contributed by atoms with Crippen molar-refractivity contribution in [3.05, 3.63) is 64.2 Å². The Hall–Kier alpha value is -2.42. The number of hydrogen-bond acceptors (Lipinski definition) is 5. The summed E-state index contributed by atoms with van der Waals surface area (Å²) in [4.78, 5) is 26.7. The second-order valence-corrected chi connectivity index (χ2v) is 10.2. The van der Waals surface area contributed by atoms with Gasteiger partial charge < -0.3 is 9.64 Å². The Labute approximate surface area is 194 Å². The number of carbonyl (C=O) groups is 2. The fourth-order valence-corrected chi connectivity index (χ4v) is 5.56. The van der Waals surface area contributed by atoms with Crippen molar-refractivity contribution < 1.29 is 22.7 Å². The number of ether oxygens (including phenoxy) is 1. The molecule has 1 heterocycles. The summed E-state index contributed by atoms with van der Waals surface area (Å²) < 4.78 is 32.7. The fraction of sp³-hybridized carbons (Fsp3) is 0.391. The van der Waals surface area contributed by atoms with E-state index in [0.717, 1.165) is 24.8 Å². The monoisotopic (exact) mass is 478 g/mol. The molecule has 0 aliphatic carbocycles. The van der Waals surface area contributed by atoms with Gasteiger partial charge in [0.1, 0.15) is 6.54 Å². The molecule has 1 amide bonds. The molecular weight excluding hydrogens is 452 g/mol. The number of hydrogen-bond donors (Lipinski definition) is 0. The third kappa shape index (κ3) is 5.68. The number of rotatable bonds is 7. The summed E-state index contributed by atoms with van der Waals surface area (Å²) in [5.41, 5.74) is 1.55. The lowest BCUT2D eigenvalue weighted by Gasteiger charge is -2.27. The third-order valence-electron chi connectivity index (χ3n) is 5.49. The normalized spacial score (nSPS) is 14.7. The average molecular weight is 479 g/mol. The molecule has 1 aliphatic heterocycles. The summed E-state index contributed by atoms with van der Waals surface area (Å²) in [6.45, 7) is 2.55. The van der Waals surface area contributed by atoms with Gasteiger partial charge in [-0.1, -0.05) is 36.2 Å². The number of piperidine rings is 1. The number of esters is 1. The first-order valence-electron chi connectivity index (χ1n) is 10.4. The van der Waals surface area contributed by atoms with Gasteiger partial charge in [-0.25, -0.2) is 8.42 Å². The second-order valence-electron chi connectivity index (χ2n) is 7.81. The van der Waals surface area contributed by atoms with Gasteiger partial charge in [0.05, 0.1) is 12.0 Å². The zero-order valence-corrected chi connectivity index (χ0v) is 19.8. The van der Waals surface area contributed by atoms with Crippen LogP contribution in [-0.4, -0.2) is 56.2 Å². The molecule has 0 aromatic heterocycles. The number of halogens is 1. The first kappa shape index (κ1) is 24.2. The van der Waals surface area contributed by atoms with Gasteiger partial charge in [-0.15, -0.1) is 0 Å². The van der Waals surface area contributed by atoms with Gasteiger partial charge in [0, 0.05) is 30.2 Å². The highest BCUT2D eigenvalue weighted by Gasteiger charge is 2.29. The summed E-state index contributed by atoms with van der Waals surface area (Å²) in [6.07, 6.45) is 2.66. The molecule has 9 heteroatoms. The number of methoxy groups -OCH3 is 1. The number of sulfonamides is 1. The van der Waals surface area contributed by atoms with Crippen molar-refractivity contribution in [2.45, 2.75) is 37.6 Å². The average Bonchev–Trinajstić information content (AvgIpc) is 2.80. The molecule has 0 atom stereocenters. The van der Waals surface area contributed by atoms with Crippen LogP contribution in [0.25, 0.3) is 0 Å². The van der Waals surface area contributed by atoms with E-state index in [4.69, 9.17) is 16.3 Å². The smallest absolute Gasteiger partial charge is 0.325 e. The Morgan fingerprint density at radius 1 is 1.06 bits per heavy atom. The lowest BCUT2D eigenvalue weighted by molar-refractivity contribution is -0.141. The van der Waals surface area contributed by atoms with Crippen LogP contribution in [0.5, 0.6) is 0 Å². The maximum Gasteiger partial charge on any atom is 0.325 e. The SMILES string of the molecule is COC(=O)CN(Cc1ccc(Cl)cc1)C(=O)c1ccc(C)c(S(=O)(=O)N2CCCCC2)c1. The van der Waals surface area contributed by atoms with Crippen LogP contribution in [0.2, 0.25) is 5.02 Å². The highest BCUT2D eigenvalue weighted by atomic mass is 35.5. The van der Waals surface area contributed by atoms with Crippen molar-refractivity contribution in [1.29, 1.82) is 0 Å². The minimum Gasteiger partial charge on any atom is -0.468 e. The topological polar surface area (TPSA) is 84.0 Å². The summed E-state index contributed by atoms with van der Waals surface area (Å²) in [7, 11) is -2.46. The van der Waals surface area contributed by atoms with E-state index in [2.05, 4.69) is 0 Å². The van der Waals surface area contributed by atoms with Crippen LogP contribution in [0.4, 0.5) is 0 Å². The van der Waals surface area contributed by atoms with Gasteiger partial charge in [-0.2, -0.15) is 4.31 Å². The Balaban J connectivity index is 1.92. The Kier molecular flexibility index (Phi) is 7.92. The molecule has 1 aliphatic rings. The Morgan fingerprint density at radius 3 is 2.34 bits per heavy atom. The van der Waals surface area contributed by atoms with Gasteiger partial charge in [0.15, 0.2) is 0 Å².